The number of nitrogens with zero attached hydrogens (tertiary/aromatic N) is 2. The first-order valence-corrected chi connectivity index (χ1v) is 9.52. The molecule has 0 fully saturated rings. The molecule has 0 radical (unpaired) electrons. The minimum Gasteiger partial charge on any atom is -0.507 e. The molecule has 132 valence electrons. The van der Waals surface area contributed by atoms with Crippen LogP contribution in [0.5, 0.6) is 5.75 Å². The number of aromatic nitrogens is 2. The molecule has 0 aliphatic rings. The summed E-state index contributed by atoms with van der Waals surface area (Å²) in [5.41, 5.74) is 1.46. The molecule has 24 heavy (non-hydrogen) atoms. The van der Waals surface area contributed by atoms with E-state index < -0.39 is 15.1 Å². The summed E-state index contributed by atoms with van der Waals surface area (Å²) in [5.74, 6) is 0.355. The second-order valence-corrected chi connectivity index (χ2v) is 9.96. The molecule has 1 aromatic heterocycles. The highest BCUT2D eigenvalue weighted by Gasteiger charge is 2.28. The van der Waals surface area contributed by atoms with Gasteiger partial charge in [0.2, 0.25) is 15.7 Å². The largest absolute Gasteiger partial charge is 0.507 e. The van der Waals surface area contributed by atoms with E-state index in [0.29, 0.717) is 5.56 Å². The van der Waals surface area contributed by atoms with E-state index >= 15 is 0 Å². The third-order valence-electron chi connectivity index (χ3n) is 3.70. The van der Waals surface area contributed by atoms with Crippen LogP contribution in [0.3, 0.4) is 0 Å². The summed E-state index contributed by atoms with van der Waals surface area (Å²) in [5, 5.41) is 17.7. The maximum absolute atomic E-state index is 11.5. The number of rotatable bonds is 2. The van der Waals surface area contributed by atoms with Gasteiger partial charge in [0.25, 0.3) is 0 Å². The van der Waals surface area contributed by atoms with Crippen LogP contribution in [0.2, 0.25) is 0 Å². The molecular weight excluding hydrogens is 328 g/mol. The highest BCUT2D eigenvalue weighted by atomic mass is 32.2. The van der Waals surface area contributed by atoms with E-state index in [4.69, 9.17) is 4.42 Å². The van der Waals surface area contributed by atoms with Crippen molar-refractivity contribution in [2.45, 2.75) is 57.6 Å². The van der Waals surface area contributed by atoms with Gasteiger partial charge in [0.05, 0.1) is 0 Å². The monoisotopic (exact) mass is 352 g/mol. The Morgan fingerprint density at radius 3 is 1.75 bits per heavy atom. The second kappa shape index (κ2) is 5.58. The van der Waals surface area contributed by atoms with Crippen molar-refractivity contribution in [3.8, 4) is 17.2 Å². The van der Waals surface area contributed by atoms with Crippen LogP contribution in [0.4, 0.5) is 0 Å². The van der Waals surface area contributed by atoms with E-state index in [-0.39, 0.29) is 22.5 Å². The summed E-state index contributed by atoms with van der Waals surface area (Å²) in [6, 6.07) is 3.54. The Morgan fingerprint density at radius 2 is 1.42 bits per heavy atom. The molecule has 0 spiro atoms. The molecule has 0 aliphatic heterocycles. The van der Waals surface area contributed by atoms with Crippen LogP contribution >= 0.6 is 0 Å². The Kier molecular flexibility index (Phi) is 4.29. The molecule has 6 nitrogen and oxygen atoms in total. The van der Waals surface area contributed by atoms with Gasteiger partial charge in [-0.25, -0.2) is 8.42 Å². The predicted molar refractivity (Wildman–Crippen MR) is 91.9 cm³/mol. The lowest BCUT2D eigenvalue weighted by molar-refractivity contribution is 0.422. The highest BCUT2D eigenvalue weighted by molar-refractivity contribution is 7.90. The molecule has 0 amide bonds. The summed E-state index contributed by atoms with van der Waals surface area (Å²) < 4.78 is 28.4. The van der Waals surface area contributed by atoms with E-state index in [0.717, 1.165) is 17.4 Å². The summed E-state index contributed by atoms with van der Waals surface area (Å²) in [6.45, 7) is 12.0. The smallest absolute Gasteiger partial charge is 0.335 e. The van der Waals surface area contributed by atoms with Gasteiger partial charge in [-0.2, -0.15) is 0 Å². The van der Waals surface area contributed by atoms with Gasteiger partial charge in [-0.05, 0) is 23.0 Å². The van der Waals surface area contributed by atoms with Crippen LogP contribution in [0.1, 0.15) is 52.7 Å². The Hall–Kier alpha value is -1.89. The molecule has 0 unspecified atom stereocenters. The quantitative estimate of drug-likeness (QED) is 0.890. The summed E-state index contributed by atoms with van der Waals surface area (Å²) in [7, 11) is -3.56. The lowest BCUT2D eigenvalue weighted by Gasteiger charge is -2.27. The highest BCUT2D eigenvalue weighted by Crippen LogP contribution is 2.41. The molecule has 0 atom stereocenters. The molecule has 7 heteroatoms. The third kappa shape index (κ3) is 3.61. The van der Waals surface area contributed by atoms with Gasteiger partial charge in [-0.3, -0.25) is 0 Å². The number of hydrogen-bond acceptors (Lipinski definition) is 6. The summed E-state index contributed by atoms with van der Waals surface area (Å²) in [4.78, 5) is 0. The van der Waals surface area contributed by atoms with Gasteiger partial charge in [0.1, 0.15) is 5.75 Å². The third-order valence-corrected chi connectivity index (χ3v) is 4.50. The van der Waals surface area contributed by atoms with Crippen LogP contribution in [0.15, 0.2) is 21.8 Å². The second-order valence-electron chi connectivity index (χ2n) is 8.07. The van der Waals surface area contributed by atoms with E-state index in [9.17, 15) is 13.5 Å². The minimum atomic E-state index is -3.56. The van der Waals surface area contributed by atoms with Crippen LogP contribution in [0.25, 0.3) is 11.5 Å². The Balaban J connectivity index is 2.74. The average molecular weight is 352 g/mol. The van der Waals surface area contributed by atoms with Crippen molar-refractivity contribution in [3.63, 3.8) is 0 Å². The van der Waals surface area contributed by atoms with Gasteiger partial charge in [-0.15, -0.1) is 5.10 Å². The molecule has 0 saturated carbocycles. The molecule has 0 aliphatic carbocycles. The average Bonchev–Trinajstić information content (AvgIpc) is 2.85. The van der Waals surface area contributed by atoms with Gasteiger partial charge in [-0.1, -0.05) is 46.6 Å². The number of benzene rings is 1. The fourth-order valence-corrected chi connectivity index (χ4v) is 2.80. The fraction of sp³-hybridized carbons (Fsp3) is 0.529. The predicted octanol–water partition coefficient (Wildman–Crippen LogP) is 3.44. The van der Waals surface area contributed by atoms with E-state index in [2.05, 4.69) is 10.2 Å². The van der Waals surface area contributed by atoms with Crippen LogP contribution < -0.4 is 0 Å². The fourth-order valence-electron chi connectivity index (χ4n) is 2.38. The molecular formula is C17H24N2O4S. The van der Waals surface area contributed by atoms with Crippen molar-refractivity contribution in [3.05, 3.63) is 23.3 Å². The Bertz CT molecular complexity index is 834. The van der Waals surface area contributed by atoms with Gasteiger partial charge < -0.3 is 9.52 Å². The first-order valence-electron chi connectivity index (χ1n) is 7.63. The van der Waals surface area contributed by atoms with Crippen LogP contribution in [-0.2, 0) is 20.7 Å². The number of phenolic OH excluding ortho intramolecular Hbond substituents is 1. The standard InChI is InChI=1S/C17H24N2O4S/c1-16(2,3)11-8-10(9-12(13(11)20)17(4,5)6)14-18-19-15(23-14)24(7,21)22/h8-9,20H,1-7H3. The normalized spacial score (nSPS) is 13.3. The van der Waals surface area contributed by atoms with Crippen molar-refractivity contribution in [1.29, 1.82) is 0 Å². The van der Waals surface area contributed by atoms with E-state index in [1.807, 2.05) is 41.5 Å². The topological polar surface area (TPSA) is 93.3 Å². The molecule has 0 bridgehead atoms. The van der Waals surface area contributed by atoms with Crippen molar-refractivity contribution in [2.75, 3.05) is 6.26 Å². The first kappa shape index (κ1) is 18.4. The number of sulfone groups is 1. The zero-order valence-electron chi connectivity index (χ0n) is 15.1. The number of hydrogen-bond donors (Lipinski definition) is 1. The molecule has 1 heterocycles. The SMILES string of the molecule is CC(C)(C)c1cc(-c2nnc(S(C)(=O)=O)o2)cc(C(C)(C)C)c1O. The number of aromatic hydroxyl groups is 1. The minimum absolute atomic E-state index is 0.117. The van der Waals surface area contributed by atoms with Gasteiger partial charge >= 0.3 is 5.22 Å². The lowest BCUT2D eigenvalue weighted by atomic mass is 9.78. The van der Waals surface area contributed by atoms with E-state index in [1.165, 1.54) is 0 Å². The van der Waals surface area contributed by atoms with Crippen molar-refractivity contribution < 1.29 is 17.9 Å². The first-order chi connectivity index (χ1) is 10.7. The van der Waals surface area contributed by atoms with E-state index in [1.54, 1.807) is 12.1 Å². The van der Waals surface area contributed by atoms with Crippen molar-refractivity contribution in [2.24, 2.45) is 0 Å². The molecule has 1 N–H and O–H groups in total. The van der Waals surface area contributed by atoms with Gasteiger partial charge in [0, 0.05) is 22.9 Å². The molecule has 2 rings (SSSR count). The molecule has 0 saturated heterocycles. The molecule has 1 aromatic carbocycles. The van der Waals surface area contributed by atoms with Gasteiger partial charge in [0.15, 0.2) is 0 Å². The number of phenols is 1. The Morgan fingerprint density at radius 1 is 0.958 bits per heavy atom. The molecule has 2 aromatic rings. The summed E-state index contributed by atoms with van der Waals surface area (Å²) >= 11 is 0. The lowest BCUT2D eigenvalue weighted by Crippen LogP contribution is -2.17. The zero-order valence-corrected chi connectivity index (χ0v) is 15.9. The summed E-state index contributed by atoms with van der Waals surface area (Å²) in [6.07, 6.45) is 1.02. The maximum Gasteiger partial charge on any atom is 0.335 e. The van der Waals surface area contributed by atoms with Crippen molar-refractivity contribution >= 4 is 9.84 Å². The Labute approximate surface area is 142 Å². The van der Waals surface area contributed by atoms with Crippen LogP contribution in [-0.4, -0.2) is 30.0 Å². The zero-order chi connectivity index (χ0) is 18.5. The maximum atomic E-state index is 11.5. The van der Waals surface area contributed by atoms with Crippen molar-refractivity contribution in [1.82, 2.24) is 10.2 Å². The van der Waals surface area contributed by atoms with Crippen LogP contribution in [0, 0.1) is 0 Å².